The Morgan fingerprint density at radius 1 is 0.435 bits per heavy atom. The Morgan fingerprint density at radius 2 is 0.667 bits per heavy atom. The highest BCUT2D eigenvalue weighted by atomic mass is 32.2. The van der Waals surface area contributed by atoms with E-state index in [1.807, 2.05) is 0 Å². The van der Waals surface area contributed by atoms with Crippen molar-refractivity contribution in [3.05, 3.63) is 70.8 Å². The zero-order chi connectivity index (χ0) is 50.3. The minimum Gasteiger partial charge on any atom is -0.489 e. The van der Waals surface area contributed by atoms with E-state index >= 15 is 0 Å². The van der Waals surface area contributed by atoms with Gasteiger partial charge in [-0.2, -0.15) is 0 Å². The van der Waals surface area contributed by atoms with Gasteiger partial charge in [0.1, 0.15) is 36.2 Å². The van der Waals surface area contributed by atoms with Crippen molar-refractivity contribution in [1.82, 2.24) is 10.9 Å². The molecule has 0 fully saturated rings. The number of nitrogens with one attached hydrogen (secondary N) is 2. The molecule has 6 rings (SSSR count). The molecule has 6 N–H and O–H groups in total. The van der Waals surface area contributed by atoms with Crippen molar-refractivity contribution < 1.29 is 42.7 Å². The average molecular weight is 1020 g/mol. The number of ether oxygens (including phenoxy) is 7. The van der Waals surface area contributed by atoms with Crippen LogP contribution in [0.25, 0.3) is 0 Å². The predicted molar refractivity (Wildman–Crippen MR) is 276 cm³/mol. The maximum atomic E-state index is 12.9. The summed E-state index contributed by atoms with van der Waals surface area (Å²) in [4.78, 5) is 32.3. The lowest BCUT2D eigenvalue weighted by atomic mass is 9.87. The van der Waals surface area contributed by atoms with E-state index in [1.165, 1.54) is 47.0 Å². The van der Waals surface area contributed by atoms with Crippen LogP contribution in [-0.4, -0.2) is 77.9 Å². The van der Waals surface area contributed by atoms with Gasteiger partial charge in [-0.25, -0.2) is 11.7 Å². The largest absolute Gasteiger partial charge is 0.489 e. The monoisotopic (exact) mass is 1020 g/mol. The van der Waals surface area contributed by atoms with Crippen LogP contribution in [0.15, 0.2) is 87.7 Å². The van der Waals surface area contributed by atoms with Crippen LogP contribution in [0.2, 0.25) is 0 Å². The first-order chi connectivity index (χ1) is 32.5. The zero-order valence-electron chi connectivity index (χ0n) is 42.2. The number of benzene rings is 4. The zero-order valence-corrected chi connectivity index (χ0v) is 45.4. The van der Waals surface area contributed by atoms with Crippen LogP contribution in [0.1, 0.15) is 105 Å². The molecule has 0 spiro atoms. The van der Waals surface area contributed by atoms with Gasteiger partial charge in [-0.1, -0.05) is 130 Å². The maximum absolute atomic E-state index is 12.9. The summed E-state index contributed by atoms with van der Waals surface area (Å²) in [5.41, 5.74) is 7.52. The van der Waals surface area contributed by atoms with E-state index in [2.05, 4.69) is 142 Å². The minimum atomic E-state index is -0.477. The lowest BCUT2D eigenvalue weighted by Crippen LogP contribution is -2.34. The Bertz CT molecular complexity index is 2210. The molecule has 376 valence electrons. The van der Waals surface area contributed by atoms with Crippen LogP contribution in [0, 0.1) is 0 Å². The number of hydrogen-bond donors (Lipinski definition) is 4. The van der Waals surface area contributed by atoms with Crippen molar-refractivity contribution in [2.24, 2.45) is 11.7 Å². The molecule has 69 heavy (non-hydrogen) atoms. The molecule has 0 saturated heterocycles. The van der Waals surface area contributed by atoms with Crippen molar-refractivity contribution in [3.63, 3.8) is 0 Å². The number of rotatable bonds is 6. The summed E-state index contributed by atoms with van der Waals surface area (Å²) in [6, 6.07) is 17.3. The fourth-order valence-corrected chi connectivity index (χ4v) is 11.8. The van der Waals surface area contributed by atoms with Crippen LogP contribution in [0.5, 0.6) is 23.0 Å². The number of hydrazine groups is 2. The van der Waals surface area contributed by atoms with Crippen molar-refractivity contribution in [3.8, 4) is 23.0 Å². The standard InChI is InChI=1S/C52H70N4O9S4/c1-49(2,3)31-21-35-45-36(22-31)67-40-26-34(52(10,11)12)28-42(48(40)65-30-44(58)56-54)69-38-24-32(50(4,5)6)23-37(46(38)63-20-18-61-16-14-59-13-15-60-17-19-62-45)68-41-27-33(51(7,8)9)25-39(66-35)47(41)64-29-43(57)55-53/h21-28H,13-20,29-30,53-54H2,1-12H3,(H,55,57)(H,56,58). The van der Waals surface area contributed by atoms with Crippen molar-refractivity contribution >= 4 is 58.9 Å². The van der Waals surface area contributed by atoms with Crippen LogP contribution in [0.4, 0.5) is 0 Å². The van der Waals surface area contributed by atoms with Crippen molar-refractivity contribution in [1.29, 1.82) is 0 Å². The fourth-order valence-electron chi connectivity index (χ4n) is 6.99. The third-order valence-electron chi connectivity index (χ3n) is 11.1. The molecular weight excluding hydrogens is 953 g/mol. The first-order valence-corrected chi connectivity index (χ1v) is 26.4. The molecule has 0 unspecified atom stereocenters. The molecule has 2 amide bonds. The summed E-state index contributed by atoms with van der Waals surface area (Å²) in [5.74, 6) is 12.6. The summed E-state index contributed by atoms with van der Waals surface area (Å²) < 4.78 is 44.9. The van der Waals surface area contributed by atoms with Gasteiger partial charge >= 0.3 is 0 Å². The third kappa shape index (κ3) is 14.7. The lowest BCUT2D eigenvalue weighted by Gasteiger charge is -2.28. The van der Waals surface area contributed by atoms with Gasteiger partial charge in [0.15, 0.2) is 13.2 Å². The first-order valence-electron chi connectivity index (χ1n) is 23.1. The van der Waals surface area contributed by atoms with Crippen LogP contribution >= 0.6 is 47.0 Å². The van der Waals surface area contributed by atoms with E-state index in [1.54, 1.807) is 0 Å². The maximum Gasteiger partial charge on any atom is 0.271 e. The van der Waals surface area contributed by atoms with Gasteiger partial charge in [-0.3, -0.25) is 20.4 Å². The summed E-state index contributed by atoms with van der Waals surface area (Å²) in [7, 11) is 0. The first kappa shape index (κ1) is 54.6. The van der Waals surface area contributed by atoms with E-state index in [4.69, 9.17) is 44.8 Å². The Morgan fingerprint density at radius 3 is 0.899 bits per heavy atom. The molecule has 4 aromatic carbocycles. The number of carbonyl (C=O) groups is 2. The molecule has 2 aliphatic heterocycles. The number of hydrogen-bond acceptors (Lipinski definition) is 15. The molecule has 0 radical (unpaired) electrons. The van der Waals surface area contributed by atoms with Gasteiger partial charge < -0.3 is 33.2 Å². The van der Waals surface area contributed by atoms with Gasteiger partial charge in [0.2, 0.25) is 0 Å². The fraction of sp³-hybridized carbons (Fsp3) is 0.500. The normalized spacial score (nSPS) is 15.6. The predicted octanol–water partition coefficient (Wildman–Crippen LogP) is 10.4. The van der Waals surface area contributed by atoms with Gasteiger partial charge in [0.05, 0.1) is 78.8 Å². The molecule has 2 aliphatic rings. The lowest BCUT2D eigenvalue weighted by molar-refractivity contribution is -0.124. The molecule has 4 aromatic rings. The summed E-state index contributed by atoms with van der Waals surface area (Å²) in [5, 5.41) is 0. The average Bonchev–Trinajstić information content (AvgIpc) is 3.26. The van der Waals surface area contributed by atoms with Crippen molar-refractivity contribution in [2.45, 2.75) is 144 Å². The molecule has 10 bridgehead atoms. The number of nitrogens with two attached hydrogens (primary N) is 2. The smallest absolute Gasteiger partial charge is 0.271 e. The number of amides is 2. The van der Waals surface area contributed by atoms with Crippen LogP contribution in [-0.2, 0) is 45.5 Å². The molecule has 0 atom stereocenters. The third-order valence-corrected chi connectivity index (χ3v) is 15.3. The highest BCUT2D eigenvalue weighted by molar-refractivity contribution is 8.01. The second kappa shape index (κ2) is 23.2. The number of carbonyl (C=O) groups excluding carboxylic acids is 2. The topological polar surface area (TPSA) is 175 Å². The molecule has 0 saturated carbocycles. The van der Waals surface area contributed by atoms with E-state index < -0.39 is 11.8 Å². The quantitative estimate of drug-likeness (QED) is 0.0718. The summed E-state index contributed by atoms with van der Waals surface area (Å²) in [6.45, 7) is 28.2. The second-order valence-corrected chi connectivity index (χ2v) is 25.2. The number of fused-ring (bicyclic) bond motifs is 2. The highest BCUT2D eigenvalue weighted by Gasteiger charge is 2.31. The molecular formula is C52H70N4O9S4. The Hall–Kier alpha value is -3.78. The molecule has 17 heteroatoms. The molecule has 0 aromatic heterocycles. The Labute approximate surface area is 425 Å². The SMILES string of the molecule is CC(C)(C)c1cc2c3c(c1)Sc1cc(C(C)(C)C)cc(c1OCC(=O)NN)Sc1cc(C(C)(C)C)cc(c1OCCOCCOCCOCCO3)Sc1cc(C(C)(C)C)cc(c1OCC(=O)NN)S2. The second-order valence-electron chi connectivity index (χ2n) is 20.9. The van der Waals surface area contributed by atoms with Crippen LogP contribution < -0.4 is 41.5 Å². The minimum absolute atomic E-state index is 0.235. The Kier molecular flexibility index (Phi) is 18.3. The van der Waals surface area contributed by atoms with E-state index in [9.17, 15) is 9.59 Å². The molecule has 0 aliphatic carbocycles. The van der Waals surface area contributed by atoms with E-state index in [-0.39, 0.29) is 48.1 Å². The summed E-state index contributed by atoms with van der Waals surface area (Å²) in [6.07, 6.45) is 0. The van der Waals surface area contributed by atoms with E-state index in [0.29, 0.717) is 62.6 Å². The van der Waals surface area contributed by atoms with Gasteiger partial charge in [0.25, 0.3) is 11.8 Å². The van der Waals surface area contributed by atoms with Crippen molar-refractivity contribution in [2.75, 3.05) is 66.1 Å². The van der Waals surface area contributed by atoms with Gasteiger partial charge in [-0.15, -0.1) is 0 Å². The van der Waals surface area contributed by atoms with Gasteiger partial charge in [-0.05, 0) is 92.4 Å². The highest BCUT2D eigenvalue weighted by Crippen LogP contribution is 2.56. The molecule has 2 heterocycles. The Balaban J connectivity index is 1.80. The van der Waals surface area contributed by atoms with Crippen LogP contribution in [0.3, 0.4) is 0 Å². The van der Waals surface area contributed by atoms with Gasteiger partial charge in [0, 0.05) is 0 Å². The summed E-state index contributed by atoms with van der Waals surface area (Å²) >= 11 is 6.04. The van der Waals surface area contributed by atoms with E-state index in [0.717, 1.165) is 61.4 Å². The molecule has 13 nitrogen and oxygen atoms in total.